The molecule has 0 aliphatic carbocycles. The smallest absolute Gasteiger partial charge is 0.120 e. The van der Waals surface area contributed by atoms with Crippen molar-refractivity contribution in [3.63, 3.8) is 0 Å². The zero-order valence-corrected chi connectivity index (χ0v) is 13.0. The van der Waals surface area contributed by atoms with Crippen LogP contribution in [0.2, 0.25) is 0 Å². The number of ether oxygens (including phenoxy) is 2. The second-order valence-corrected chi connectivity index (χ2v) is 5.67. The van der Waals surface area contributed by atoms with Gasteiger partial charge in [0.05, 0.1) is 12.7 Å². The van der Waals surface area contributed by atoms with Crippen LogP contribution in [-0.4, -0.2) is 12.2 Å². The Balaban J connectivity index is 2.05. The molecule has 0 amide bonds. The Labute approximate surface area is 126 Å². The number of rotatable bonds is 5. The predicted molar refractivity (Wildman–Crippen MR) is 83.7 cm³/mol. The van der Waals surface area contributed by atoms with Gasteiger partial charge in [-0.3, -0.25) is 0 Å². The number of benzene rings is 2. The lowest BCUT2D eigenvalue weighted by atomic mass is 9.94. The van der Waals surface area contributed by atoms with Crippen LogP contribution in [0.4, 0.5) is 0 Å². The van der Waals surface area contributed by atoms with Crippen molar-refractivity contribution in [2.75, 3.05) is 7.11 Å². The molecule has 0 aliphatic rings. The lowest BCUT2D eigenvalue weighted by Crippen LogP contribution is -2.17. The van der Waals surface area contributed by atoms with Gasteiger partial charge in [0.1, 0.15) is 18.1 Å². The van der Waals surface area contributed by atoms with E-state index >= 15 is 0 Å². The third-order valence-corrected chi connectivity index (χ3v) is 3.42. The van der Waals surface area contributed by atoms with Gasteiger partial charge in [-0.25, -0.2) is 0 Å². The van der Waals surface area contributed by atoms with Crippen molar-refractivity contribution >= 4 is 0 Å². The second-order valence-electron chi connectivity index (χ2n) is 5.67. The zero-order chi connectivity index (χ0) is 15.5. The summed E-state index contributed by atoms with van der Waals surface area (Å²) in [5.74, 6) is 1.64. The highest BCUT2D eigenvalue weighted by molar-refractivity contribution is 5.37. The Bertz CT molecular complexity index is 595. The van der Waals surface area contributed by atoms with Gasteiger partial charge in [0.2, 0.25) is 0 Å². The monoisotopic (exact) mass is 286 g/mol. The fraction of sp³-hybridized carbons (Fsp3) is 0.333. The molecule has 112 valence electrons. The Morgan fingerprint density at radius 1 is 1.00 bits per heavy atom. The van der Waals surface area contributed by atoms with Gasteiger partial charge in [-0.2, -0.15) is 0 Å². The average Bonchev–Trinajstić information content (AvgIpc) is 2.44. The highest BCUT2D eigenvalue weighted by atomic mass is 16.5. The van der Waals surface area contributed by atoms with Crippen LogP contribution in [0.3, 0.4) is 0 Å². The molecule has 0 aromatic heterocycles. The van der Waals surface area contributed by atoms with Gasteiger partial charge in [-0.1, -0.05) is 18.2 Å². The van der Waals surface area contributed by atoms with Gasteiger partial charge in [0, 0.05) is 0 Å². The molecule has 2 rings (SSSR count). The normalized spacial score (nSPS) is 11.3. The van der Waals surface area contributed by atoms with E-state index in [0.29, 0.717) is 6.61 Å². The van der Waals surface area contributed by atoms with E-state index in [1.807, 2.05) is 49.4 Å². The van der Waals surface area contributed by atoms with Crippen LogP contribution in [0.1, 0.15) is 30.5 Å². The summed E-state index contributed by atoms with van der Waals surface area (Å²) in [6.45, 7) is 6.05. The van der Waals surface area contributed by atoms with Crippen LogP contribution in [0.5, 0.6) is 11.5 Å². The molecule has 0 unspecified atom stereocenters. The van der Waals surface area contributed by atoms with Crippen molar-refractivity contribution in [2.24, 2.45) is 0 Å². The molecule has 0 radical (unpaired) electrons. The first-order valence-corrected chi connectivity index (χ1v) is 6.99. The summed E-state index contributed by atoms with van der Waals surface area (Å²) in [4.78, 5) is 0. The van der Waals surface area contributed by atoms with Crippen LogP contribution in [0.15, 0.2) is 42.5 Å². The number of methoxy groups -OCH3 is 1. The van der Waals surface area contributed by atoms with E-state index in [-0.39, 0.29) is 0 Å². The van der Waals surface area contributed by atoms with Crippen molar-refractivity contribution in [3.8, 4) is 11.5 Å². The van der Waals surface area contributed by atoms with E-state index in [4.69, 9.17) is 9.47 Å². The standard InChI is InChI=1S/C18H22O3/c1-13-11-16(9-10-17(13)18(2,3)19)21-12-14-5-7-15(20-4)8-6-14/h5-11,19H,12H2,1-4H3. The fourth-order valence-electron chi connectivity index (χ4n) is 2.30. The summed E-state index contributed by atoms with van der Waals surface area (Å²) in [7, 11) is 1.65. The number of hydrogen-bond donors (Lipinski definition) is 1. The van der Waals surface area contributed by atoms with Crippen molar-refractivity contribution < 1.29 is 14.6 Å². The van der Waals surface area contributed by atoms with Gasteiger partial charge in [-0.15, -0.1) is 0 Å². The molecule has 0 aliphatic heterocycles. The molecule has 0 saturated carbocycles. The highest BCUT2D eigenvalue weighted by Gasteiger charge is 2.18. The highest BCUT2D eigenvalue weighted by Crippen LogP contribution is 2.27. The molecule has 0 saturated heterocycles. The van der Waals surface area contributed by atoms with Gasteiger partial charge >= 0.3 is 0 Å². The Hall–Kier alpha value is -2.00. The maximum Gasteiger partial charge on any atom is 0.120 e. The Morgan fingerprint density at radius 2 is 1.62 bits per heavy atom. The number of aryl methyl sites for hydroxylation is 1. The Morgan fingerprint density at radius 3 is 2.14 bits per heavy atom. The molecule has 21 heavy (non-hydrogen) atoms. The van der Waals surface area contributed by atoms with Gasteiger partial charge in [-0.05, 0) is 61.7 Å². The predicted octanol–water partition coefficient (Wildman–Crippen LogP) is 3.81. The minimum atomic E-state index is -0.835. The third-order valence-electron chi connectivity index (χ3n) is 3.42. The Kier molecular flexibility index (Phi) is 4.53. The quantitative estimate of drug-likeness (QED) is 0.908. The van der Waals surface area contributed by atoms with E-state index in [2.05, 4.69) is 0 Å². The minimum absolute atomic E-state index is 0.505. The summed E-state index contributed by atoms with van der Waals surface area (Å²) in [6, 6.07) is 13.6. The van der Waals surface area contributed by atoms with Crippen molar-refractivity contribution in [1.29, 1.82) is 0 Å². The summed E-state index contributed by atoms with van der Waals surface area (Å²) < 4.78 is 10.9. The first-order valence-electron chi connectivity index (χ1n) is 6.99. The molecular formula is C18H22O3. The fourth-order valence-corrected chi connectivity index (χ4v) is 2.30. The molecule has 0 bridgehead atoms. The van der Waals surface area contributed by atoms with Crippen LogP contribution in [-0.2, 0) is 12.2 Å². The van der Waals surface area contributed by atoms with Crippen molar-refractivity contribution in [1.82, 2.24) is 0 Å². The molecule has 0 heterocycles. The second kappa shape index (κ2) is 6.19. The summed E-state index contributed by atoms with van der Waals surface area (Å²) >= 11 is 0. The zero-order valence-electron chi connectivity index (χ0n) is 13.0. The van der Waals surface area contributed by atoms with E-state index in [1.54, 1.807) is 21.0 Å². The molecule has 3 nitrogen and oxygen atoms in total. The molecular weight excluding hydrogens is 264 g/mol. The van der Waals surface area contributed by atoms with Crippen LogP contribution < -0.4 is 9.47 Å². The molecule has 0 spiro atoms. The van der Waals surface area contributed by atoms with E-state index in [9.17, 15) is 5.11 Å². The van der Waals surface area contributed by atoms with Crippen molar-refractivity contribution in [3.05, 3.63) is 59.2 Å². The topological polar surface area (TPSA) is 38.7 Å². The lowest BCUT2D eigenvalue weighted by Gasteiger charge is -2.21. The van der Waals surface area contributed by atoms with Gasteiger partial charge in [0.15, 0.2) is 0 Å². The SMILES string of the molecule is COc1ccc(COc2ccc(C(C)(C)O)c(C)c2)cc1. The summed E-state index contributed by atoms with van der Waals surface area (Å²) in [6.07, 6.45) is 0. The maximum absolute atomic E-state index is 10.1. The molecule has 3 heteroatoms. The minimum Gasteiger partial charge on any atom is -0.497 e. The molecule has 1 N–H and O–H groups in total. The van der Waals surface area contributed by atoms with E-state index in [1.165, 1.54) is 0 Å². The third kappa shape index (κ3) is 3.99. The van der Waals surface area contributed by atoms with E-state index in [0.717, 1.165) is 28.2 Å². The number of hydrogen-bond acceptors (Lipinski definition) is 3. The molecule has 0 atom stereocenters. The van der Waals surface area contributed by atoms with Crippen LogP contribution in [0.25, 0.3) is 0 Å². The van der Waals surface area contributed by atoms with E-state index < -0.39 is 5.60 Å². The van der Waals surface area contributed by atoms with Gasteiger partial charge in [0.25, 0.3) is 0 Å². The van der Waals surface area contributed by atoms with Crippen molar-refractivity contribution in [2.45, 2.75) is 33.0 Å². The maximum atomic E-state index is 10.1. The summed E-state index contributed by atoms with van der Waals surface area (Å²) in [5.41, 5.74) is 2.19. The largest absolute Gasteiger partial charge is 0.497 e. The number of aliphatic hydroxyl groups is 1. The molecule has 0 fully saturated rings. The first-order chi connectivity index (χ1) is 9.90. The van der Waals surface area contributed by atoms with Gasteiger partial charge < -0.3 is 14.6 Å². The first kappa shape index (κ1) is 15.4. The molecule has 2 aromatic rings. The average molecular weight is 286 g/mol. The molecule has 2 aromatic carbocycles. The lowest BCUT2D eigenvalue weighted by molar-refractivity contribution is 0.0778. The van der Waals surface area contributed by atoms with Crippen LogP contribution >= 0.6 is 0 Å². The van der Waals surface area contributed by atoms with Crippen LogP contribution in [0, 0.1) is 6.92 Å². The summed E-state index contributed by atoms with van der Waals surface area (Å²) in [5, 5.41) is 10.1.